The lowest BCUT2D eigenvalue weighted by molar-refractivity contribution is 0.768. The van der Waals surface area contributed by atoms with E-state index in [0.29, 0.717) is 0 Å². The molecule has 6 aromatic rings. The monoisotopic (exact) mass is 534 g/mol. The van der Waals surface area contributed by atoms with Gasteiger partial charge in [0.1, 0.15) is 0 Å². The van der Waals surface area contributed by atoms with E-state index >= 15 is 0 Å². The number of para-hydroxylation sites is 2. The molecule has 2 nitrogen and oxygen atoms in total. The van der Waals surface area contributed by atoms with E-state index in [-0.39, 0.29) is 0 Å². The Bertz CT molecular complexity index is 2200. The van der Waals surface area contributed by atoms with Gasteiger partial charge < -0.3 is 4.57 Å². The van der Waals surface area contributed by atoms with Crippen molar-refractivity contribution in [2.24, 2.45) is 0 Å². The van der Waals surface area contributed by atoms with Gasteiger partial charge in [-0.1, -0.05) is 133 Å². The summed E-state index contributed by atoms with van der Waals surface area (Å²) in [5, 5.41) is 2.34. The molecule has 0 fully saturated rings. The Labute approximate surface area is 244 Å². The van der Waals surface area contributed by atoms with Crippen molar-refractivity contribution < 1.29 is 0 Å². The van der Waals surface area contributed by atoms with Gasteiger partial charge in [0.25, 0.3) is 0 Å². The molecule has 2 heterocycles. The molecule has 0 radical (unpaired) electrons. The first kappa shape index (κ1) is 23.3. The maximum Gasteiger partial charge on any atom is 0.0824 e. The molecular weight excluding hydrogens is 508 g/mol. The lowest BCUT2D eigenvalue weighted by atomic mass is 9.68. The third kappa shape index (κ3) is 3.01. The van der Waals surface area contributed by atoms with Gasteiger partial charge >= 0.3 is 0 Å². The van der Waals surface area contributed by atoms with E-state index < -0.39 is 5.41 Å². The van der Waals surface area contributed by atoms with Crippen molar-refractivity contribution in [3.05, 3.63) is 180 Å². The Morgan fingerprint density at radius 3 is 1.88 bits per heavy atom. The number of benzene rings is 6. The van der Waals surface area contributed by atoms with Crippen LogP contribution in [-0.2, 0) is 5.41 Å². The van der Waals surface area contributed by atoms with Crippen molar-refractivity contribution in [3.8, 4) is 28.1 Å². The molecule has 0 spiro atoms. The molecule has 2 heteroatoms. The topological polar surface area (TPSA) is 17.8 Å². The van der Waals surface area contributed by atoms with Crippen LogP contribution >= 0.6 is 0 Å². The fourth-order valence-corrected chi connectivity index (χ4v) is 7.40. The number of fused-ring (bicyclic) bond motifs is 8. The molecule has 0 unspecified atom stereocenters. The summed E-state index contributed by atoms with van der Waals surface area (Å²) in [4.78, 5) is 5.08. The minimum Gasteiger partial charge on any atom is -0.315 e. The van der Waals surface area contributed by atoms with Gasteiger partial charge in [0, 0.05) is 28.1 Å². The lowest BCUT2D eigenvalue weighted by Crippen LogP contribution is -2.28. The number of rotatable bonds is 3. The van der Waals surface area contributed by atoms with E-state index in [1.165, 1.54) is 50.0 Å². The fourth-order valence-electron chi connectivity index (χ4n) is 7.40. The zero-order chi connectivity index (χ0) is 27.7. The highest BCUT2D eigenvalue weighted by molar-refractivity contribution is 6.07. The Kier molecular flexibility index (Phi) is 4.85. The Morgan fingerprint density at radius 2 is 1.10 bits per heavy atom. The highest BCUT2D eigenvalue weighted by Crippen LogP contribution is 2.57. The predicted molar refractivity (Wildman–Crippen MR) is 173 cm³/mol. The minimum atomic E-state index is -0.431. The largest absolute Gasteiger partial charge is 0.315 e. The van der Waals surface area contributed by atoms with Gasteiger partial charge in [-0.2, -0.15) is 0 Å². The SMILES string of the molecule is c1ccc(C2(c3ccccc3)c3ccccc3-c3c(-n4cc5c6ccccc6nc-5c5ccccc54)cccc32)cc1. The molecule has 0 N–H and O–H groups in total. The summed E-state index contributed by atoms with van der Waals surface area (Å²) in [6, 6.07) is 54.9. The van der Waals surface area contributed by atoms with E-state index in [0.717, 1.165) is 22.1 Å². The van der Waals surface area contributed by atoms with Gasteiger partial charge in [-0.25, -0.2) is 4.98 Å². The van der Waals surface area contributed by atoms with Crippen LogP contribution in [-0.4, -0.2) is 9.55 Å². The summed E-state index contributed by atoms with van der Waals surface area (Å²) >= 11 is 0. The fraction of sp³-hybridized carbons (Fsp3) is 0.0250. The molecule has 2 aliphatic heterocycles. The predicted octanol–water partition coefficient (Wildman–Crippen LogP) is 9.65. The van der Waals surface area contributed by atoms with Crippen LogP contribution in [0.25, 0.3) is 49.9 Å². The second-order valence-corrected chi connectivity index (χ2v) is 11.1. The molecular formula is C40H26N2. The molecule has 1 aliphatic carbocycles. The zero-order valence-electron chi connectivity index (χ0n) is 22.9. The van der Waals surface area contributed by atoms with Gasteiger partial charge in [0.15, 0.2) is 0 Å². The molecule has 3 aliphatic rings. The average molecular weight is 535 g/mol. The van der Waals surface area contributed by atoms with Gasteiger partial charge in [0.2, 0.25) is 0 Å². The molecule has 0 bridgehead atoms. The van der Waals surface area contributed by atoms with Crippen LogP contribution in [0.15, 0.2) is 158 Å². The quantitative estimate of drug-likeness (QED) is 0.221. The maximum atomic E-state index is 5.08. The van der Waals surface area contributed by atoms with Crippen molar-refractivity contribution in [2.45, 2.75) is 5.41 Å². The van der Waals surface area contributed by atoms with Crippen LogP contribution in [0.4, 0.5) is 0 Å². The Morgan fingerprint density at radius 1 is 0.476 bits per heavy atom. The second kappa shape index (κ2) is 8.76. The maximum absolute atomic E-state index is 5.08. The van der Waals surface area contributed by atoms with Crippen LogP contribution in [0.1, 0.15) is 22.3 Å². The number of nitrogens with zero attached hydrogens (tertiary/aromatic N) is 2. The third-order valence-electron chi connectivity index (χ3n) is 9.08. The van der Waals surface area contributed by atoms with Gasteiger partial charge in [-0.05, 0) is 46.0 Å². The molecule has 9 rings (SSSR count). The number of hydrogen-bond donors (Lipinski definition) is 0. The molecule has 196 valence electrons. The second-order valence-electron chi connectivity index (χ2n) is 11.1. The Hall–Kier alpha value is -5.47. The van der Waals surface area contributed by atoms with Crippen LogP contribution in [0.5, 0.6) is 0 Å². The average Bonchev–Trinajstić information content (AvgIpc) is 3.60. The summed E-state index contributed by atoms with van der Waals surface area (Å²) in [7, 11) is 0. The van der Waals surface area contributed by atoms with Gasteiger partial charge in [-0.15, -0.1) is 0 Å². The first-order valence-electron chi connectivity index (χ1n) is 14.5. The summed E-state index contributed by atoms with van der Waals surface area (Å²) in [5.74, 6) is 0. The molecule has 0 saturated carbocycles. The highest BCUT2D eigenvalue weighted by Gasteiger charge is 2.46. The number of hydrogen-bond acceptors (Lipinski definition) is 1. The number of pyridine rings is 1. The molecule has 0 atom stereocenters. The molecule has 0 amide bonds. The molecule has 0 aromatic heterocycles. The summed E-state index contributed by atoms with van der Waals surface area (Å²) in [5.41, 5.74) is 12.9. The third-order valence-corrected chi connectivity index (χ3v) is 9.08. The van der Waals surface area contributed by atoms with E-state index in [1.54, 1.807) is 0 Å². The van der Waals surface area contributed by atoms with E-state index in [2.05, 4.69) is 162 Å². The normalized spacial score (nSPS) is 13.4. The van der Waals surface area contributed by atoms with Crippen LogP contribution in [0.2, 0.25) is 0 Å². The molecule has 0 saturated heterocycles. The highest BCUT2D eigenvalue weighted by atomic mass is 15.0. The van der Waals surface area contributed by atoms with Gasteiger partial charge in [0.05, 0.1) is 27.8 Å². The lowest BCUT2D eigenvalue weighted by Gasteiger charge is -2.34. The van der Waals surface area contributed by atoms with E-state index in [9.17, 15) is 0 Å². The van der Waals surface area contributed by atoms with Crippen LogP contribution < -0.4 is 0 Å². The van der Waals surface area contributed by atoms with Crippen molar-refractivity contribution in [1.82, 2.24) is 9.55 Å². The first-order valence-corrected chi connectivity index (χ1v) is 14.5. The minimum absolute atomic E-state index is 0.431. The van der Waals surface area contributed by atoms with Crippen molar-refractivity contribution in [3.63, 3.8) is 0 Å². The van der Waals surface area contributed by atoms with E-state index in [1.807, 2.05) is 0 Å². The zero-order valence-corrected chi connectivity index (χ0v) is 22.9. The Balaban J connectivity index is 1.44. The van der Waals surface area contributed by atoms with Gasteiger partial charge in [-0.3, -0.25) is 0 Å². The molecule has 6 aromatic carbocycles. The van der Waals surface area contributed by atoms with Crippen LogP contribution in [0.3, 0.4) is 0 Å². The van der Waals surface area contributed by atoms with Crippen molar-refractivity contribution in [2.75, 3.05) is 0 Å². The molecule has 42 heavy (non-hydrogen) atoms. The summed E-state index contributed by atoms with van der Waals surface area (Å²) < 4.78 is 2.40. The standard InChI is InChI=1S/C40H26N2/c1-3-14-27(15-4-1)40(28-16-5-2-6-17-28)33-21-10-7-19-30(33)38-34(40)22-13-25-37(38)42-26-32-29-18-8-11-23-35(29)41-39(32)31-20-9-12-24-36(31)42/h1-26H. The smallest absolute Gasteiger partial charge is 0.0824 e. The van der Waals surface area contributed by atoms with E-state index in [4.69, 9.17) is 4.98 Å². The van der Waals surface area contributed by atoms with Crippen LogP contribution in [0, 0.1) is 0 Å². The summed E-state index contributed by atoms with van der Waals surface area (Å²) in [6.45, 7) is 0. The summed E-state index contributed by atoms with van der Waals surface area (Å²) in [6.07, 6.45) is 2.30. The van der Waals surface area contributed by atoms with Crippen molar-refractivity contribution in [1.29, 1.82) is 0 Å². The number of aromatic nitrogens is 2. The first-order chi connectivity index (χ1) is 20.9. The van der Waals surface area contributed by atoms with Crippen molar-refractivity contribution >= 4 is 21.8 Å².